The van der Waals surface area contributed by atoms with Crippen molar-refractivity contribution >= 4 is 10.8 Å². The molecule has 2 N–H and O–H groups in total. The second-order valence-corrected chi connectivity index (χ2v) is 4.11. The van der Waals surface area contributed by atoms with Crippen molar-refractivity contribution < 1.29 is 4.74 Å². The molecule has 3 rings (SSSR count). The molecule has 0 aliphatic heterocycles. The Morgan fingerprint density at radius 2 is 2.05 bits per heavy atom. The Balaban J connectivity index is 2.31. The lowest BCUT2D eigenvalue weighted by Crippen LogP contribution is -2.08. The van der Waals surface area contributed by atoms with Gasteiger partial charge >= 0.3 is 0 Å². The number of pyridine rings is 1. The summed E-state index contributed by atoms with van der Waals surface area (Å²) in [6.45, 7) is 0.370. The van der Waals surface area contributed by atoms with E-state index in [1.54, 1.807) is 19.5 Å². The monoisotopic (exact) mass is 254 g/mol. The third kappa shape index (κ3) is 1.84. The number of ether oxygens (including phenoxy) is 1. The van der Waals surface area contributed by atoms with Crippen LogP contribution in [0.3, 0.4) is 0 Å². The molecule has 0 saturated carbocycles. The van der Waals surface area contributed by atoms with Crippen LogP contribution in [0, 0.1) is 0 Å². The van der Waals surface area contributed by atoms with Gasteiger partial charge in [-0.3, -0.25) is 4.57 Å². The van der Waals surface area contributed by atoms with Crippen LogP contribution in [0.2, 0.25) is 0 Å². The number of imidazole rings is 1. The van der Waals surface area contributed by atoms with E-state index in [4.69, 9.17) is 10.5 Å². The van der Waals surface area contributed by atoms with E-state index in [9.17, 15) is 0 Å². The molecule has 0 saturated heterocycles. The lowest BCUT2D eigenvalue weighted by molar-refractivity contribution is 0.420. The van der Waals surface area contributed by atoms with Crippen LogP contribution in [0.25, 0.3) is 16.6 Å². The van der Waals surface area contributed by atoms with Crippen LogP contribution in [0.15, 0.2) is 42.9 Å². The molecule has 5 heteroatoms. The molecular weight excluding hydrogens is 240 g/mol. The summed E-state index contributed by atoms with van der Waals surface area (Å²) in [4.78, 5) is 8.67. The van der Waals surface area contributed by atoms with E-state index >= 15 is 0 Å². The van der Waals surface area contributed by atoms with E-state index < -0.39 is 0 Å². The molecule has 3 aromatic rings. The maximum Gasteiger partial charge on any atom is 0.146 e. The molecule has 0 amide bonds. The highest BCUT2D eigenvalue weighted by molar-refractivity contribution is 5.93. The van der Waals surface area contributed by atoms with Gasteiger partial charge in [0.15, 0.2) is 0 Å². The largest absolute Gasteiger partial charge is 0.496 e. The van der Waals surface area contributed by atoms with E-state index in [2.05, 4.69) is 9.97 Å². The molecular formula is C14H14N4O. The maximum atomic E-state index is 5.70. The number of nitrogens with two attached hydrogens (primary N) is 1. The minimum absolute atomic E-state index is 0.370. The van der Waals surface area contributed by atoms with Gasteiger partial charge in [-0.05, 0) is 12.1 Å². The van der Waals surface area contributed by atoms with E-state index in [0.29, 0.717) is 6.54 Å². The third-order valence-electron chi connectivity index (χ3n) is 3.09. The summed E-state index contributed by atoms with van der Waals surface area (Å²) in [6.07, 6.45) is 5.35. The van der Waals surface area contributed by atoms with E-state index in [-0.39, 0.29) is 0 Å². The molecule has 2 aromatic heterocycles. The Labute approximate surface area is 110 Å². The number of aromatic nitrogens is 3. The summed E-state index contributed by atoms with van der Waals surface area (Å²) in [6, 6.07) is 7.84. The molecule has 96 valence electrons. The third-order valence-corrected chi connectivity index (χ3v) is 3.09. The van der Waals surface area contributed by atoms with E-state index in [1.165, 1.54) is 0 Å². The topological polar surface area (TPSA) is 66.0 Å². The van der Waals surface area contributed by atoms with Gasteiger partial charge in [-0.15, -0.1) is 0 Å². The summed E-state index contributed by atoms with van der Waals surface area (Å²) in [5, 5.41) is 2.03. The number of hydrogen-bond acceptors (Lipinski definition) is 4. The molecule has 0 aliphatic carbocycles. The van der Waals surface area contributed by atoms with Crippen molar-refractivity contribution in [1.82, 2.24) is 14.5 Å². The van der Waals surface area contributed by atoms with Gasteiger partial charge in [0.05, 0.1) is 13.7 Å². The van der Waals surface area contributed by atoms with Crippen molar-refractivity contribution in [3.63, 3.8) is 0 Å². The fraction of sp³-hybridized carbons (Fsp3) is 0.143. The van der Waals surface area contributed by atoms with Crippen LogP contribution in [0.1, 0.15) is 5.82 Å². The van der Waals surface area contributed by atoms with Gasteiger partial charge in [-0.1, -0.05) is 12.1 Å². The minimum atomic E-state index is 0.370. The van der Waals surface area contributed by atoms with Gasteiger partial charge in [0.2, 0.25) is 0 Å². The fourth-order valence-corrected chi connectivity index (χ4v) is 2.21. The zero-order valence-corrected chi connectivity index (χ0v) is 10.6. The van der Waals surface area contributed by atoms with Crippen molar-refractivity contribution in [3.8, 4) is 11.6 Å². The summed E-state index contributed by atoms with van der Waals surface area (Å²) in [5.74, 6) is 2.42. The number of benzene rings is 1. The first-order valence-corrected chi connectivity index (χ1v) is 5.99. The molecule has 0 unspecified atom stereocenters. The second kappa shape index (κ2) is 4.70. The summed E-state index contributed by atoms with van der Waals surface area (Å²) >= 11 is 0. The molecule has 0 fully saturated rings. The fourth-order valence-electron chi connectivity index (χ4n) is 2.21. The van der Waals surface area contributed by atoms with Gasteiger partial charge in [0.1, 0.15) is 17.4 Å². The number of nitrogens with zero attached hydrogens (tertiary/aromatic N) is 3. The molecule has 0 spiro atoms. The highest BCUT2D eigenvalue weighted by Gasteiger charge is 2.10. The van der Waals surface area contributed by atoms with Gasteiger partial charge in [0, 0.05) is 29.4 Å². The molecule has 0 radical (unpaired) electrons. The summed E-state index contributed by atoms with van der Waals surface area (Å²) in [5.41, 5.74) is 5.70. The lowest BCUT2D eigenvalue weighted by Gasteiger charge is -2.11. The minimum Gasteiger partial charge on any atom is -0.496 e. The quantitative estimate of drug-likeness (QED) is 0.775. The van der Waals surface area contributed by atoms with E-state index in [1.807, 2.05) is 35.0 Å². The van der Waals surface area contributed by atoms with Crippen molar-refractivity contribution in [1.29, 1.82) is 0 Å². The smallest absolute Gasteiger partial charge is 0.146 e. The first-order valence-electron chi connectivity index (χ1n) is 5.99. The number of hydrogen-bond donors (Lipinski definition) is 1. The van der Waals surface area contributed by atoms with Gasteiger partial charge < -0.3 is 10.5 Å². The van der Waals surface area contributed by atoms with Gasteiger partial charge in [-0.2, -0.15) is 0 Å². The molecule has 19 heavy (non-hydrogen) atoms. The number of methoxy groups -OCH3 is 1. The number of fused-ring (bicyclic) bond motifs is 1. The Morgan fingerprint density at radius 3 is 2.84 bits per heavy atom. The SMILES string of the molecule is COc1cccc2c(-n3ccnc3CN)nccc12. The first-order chi connectivity index (χ1) is 9.35. The predicted molar refractivity (Wildman–Crippen MR) is 73.3 cm³/mol. The Bertz CT molecular complexity index is 720. The maximum absolute atomic E-state index is 5.70. The van der Waals surface area contributed by atoms with Crippen molar-refractivity contribution in [3.05, 3.63) is 48.7 Å². The Kier molecular flexibility index (Phi) is 2.89. The molecule has 0 atom stereocenters. The van der Waals surface area contributed by atoms with Crippen LogP contribution in [-0.2, 0) is 6.54 Å². The zero-order valence-electron chi connectivity index (χ0n) is 10.6. The van der Waals surface area contributed by atoms with Crippen LogP contribution < -0.4 is 10.5 Å². The van der Waals surface area contributed by atoms with Crippen LogP contribution in [0.5, 0.6) is 5.75 Å². The van der Waals surface area contributed by atoms with Crippen molar-refractivity contribution in [2.75, 3.05) is 7.11 Å². The number of rotatable bonds is 3. The lowest BCUT2D eigenvalue weighted by atomic mass is 10.1. The zero-order chi connectivity index (χ0) is 13.2. The molecule has 0 bridgehead atoms. The van der Waals surface area contributed by atoms with E-state index in [0.717, 1.165) is 28.2 Å². The summed E-state index contributed by atoms with van der Waals surface area (Å²) in [7, 11) is 1.66. The Hall–Kier alpha value is -2.40. The molecule has 0 aliphatic rings. The predicted octanol–water partition coefficient (Wildman–Crippen LogP) is 1.89. The van der Waals surface area contributed by atoms with Gasteiger partial charge in [-0.25, -0.2) is 9.97 Å². The van der Waals surface area contributed by atoms with Gasteiger partial charge in [0.25, 0.3) is 0 Å². The standard InChI is InChI=1S/C14H14N4O/c1-19-12-4-2-3-11-10(12)5-6-17-14(11)18-8-7-16-13(18)9-15/h2-8H,9,15H2,1H3. The highest BCUT2D eigenvalue weighted by atomic mass is 16.5. The van der Waals surface area contributed by atoms with Crippen molar-refractivity contribution in [2.24, 2.45) is 5.73 Å². The average molecular weight is 254 g/mol. The highest BCUT2D eigenvalue weighted by Crippen LogP contribution is 2.28. The normalized spacial score (nSPS) is 10.8. The van der Waals surface area contributed by atoms with Crippen LogP contribution >= 0.6 is 0 Å². The Morgan fingerprint density at radius 1 is 1.16 bits per heavy atom. The van der Waals surface area contributed by atoms with Crippen LogP contribution in [0.4, 0.5) is 0 Å². The second-order valence-electron chi connectivity index (χ2n) is 4.11. The average Bonchev–Trinajstić information content (AvgIpc) is 2.94. The summed E-state index contributed by atoms with van der Waals surface area (Å²) < 4.78 is 7.28. The van der Waals surface area contributed by atoms with Crippen molar-refractivity contribution in [2.45, 2.75) is 6.54 Å². The molecule has 1 aromatic carbocycles. The first kappa shape index (κ1) is 11.7. The molecule has 5 nitrogen and oxygen atoms in total. The van der Waals surface area contributed by atoms with Crippen LogP contribution in [-0.4, -0.2) is 21.6 Å². The molecule has 2 heterocycles.